The number of carbonyl (C=O) groups is 2. The van der Waals surface area contributed by atoms with Crippen molar-refractivity contribution in [1.82, 2.24) is 14.9 Å². The van der Waals surface area contributed by atoms with Crippen molar-refractivity contribution in [2.75, 3.05) is 7.11 Å². The maximum absolute atomic E-state index is 12.7. The van der Waals surface area contributed by atoms with Crippen molar-refractivity contribution in [1.29, 1.82) is 0 Å². The average molecular weight is 428 g/mol. The summed E-state index contributed by atoms with van der Waals surface area (Å²) in [5, 5.41) is 3.77. The highest BCUT2D eigenvalue weighted by Gasteiger charge is 2.21. The molecule has 0 aliphatic carbocycles. The molecule has 156 valence electrons. The molecule has 8 heteroatoms. The fourth-order valence-corrected chi connectivity index (χ4v) is 3.54. The van der Waals surface area contributed by atoms with Crippen LogP contribution in [0.25, 0.3) is 10.9 Å². The fourth-order valence-electron chi connectivity index (χ4n) is 3.27. The molecule has 1 atom stereocenters. The van der Waals surface area contributed by atoms with E-state index in [1.807, 2.05) is 6.07 Å². The second-order valence-electron chi connectivity index (χ2n) is 6.80. The molecule has 0 aliphatic heterocycles. The Morgan fingerprint density at radius 3 is 2.60 bits per heavy atom. The van der Waals surface area contributed by atoms with Gasteiger partial charge in [0.15, 0.2) is 0 Å². The van der Waals surface area contributed by atoms with Gasteiger partial charge in [-0.3, -0.25) is 19.0 Å². The van der Waals surface area contributed by atoms with E-state index in [4.69, 9.17) is 16.3 Å². The number of benzene rings is 2. The van der Waals surface area contributed by atoms with Crippen LogP contribution in [0, 0.1) is 6.92 Å². The molecule has 0 bridgehead atoms. The summed E-state index contributed by atoms with van der Waals surface area (Å²) >= 11 is 6.24. The number of carbonyl (C=O) groups excluding carboxylic acids is 2. The number of hydrogen-bond donors (Lipinski definition) is 1. The highest BCUT2D eigenvalue weighted by atomic mass is 35.5. The first kappa shape index (κ1) is 21.5. The van der Waals surface area contributed by atoms with Crippen LogP contribution in [0.1, 0.15) is 30.3 Å². The van der Waals surface area contributed by atoms with Gasteiger partial charge in [0.2, 0.25) is 5.91 Å². The zero-order chi connectivity index (χ0) is 21.7. The van der Waals surface area contributed by atoms with Crippen LogP contribution < -0.4 is 10.9 Å². The number of rotatable bonds is 7. The van der Waals surface area contributed by atoms with Crippen molar-refractivity contribution < 1.29 is 14.3 Å². The minimum Gasteiger partial charge on any atom is -0.469 e. The summed E-state index contributed by atoms with van der Waals surface area (Å²) in [5.74, 6) is -0.252. The van der Waals surface area contributed by atoms with Gasteiger partial charge >= 0.3 is 5.97 Å². The predicted octanol–water partition coefficient (Wildman–Crippen LogP) is 3.17. The Balaban J connectivity index is 1.76. The first-order valence-corrected chi connectivity index (χ1v) is 9.85. The Hall–Kier alpha value is -3.19. The van der Waals surface area contributed by atoms with Gasteiger partial charge in [-0.05, 0) is 30.7 Å². The minimum atomic E-state index is -0.633. The molecule has 1 unspecified atom stereocenters. The van der Waals surface area contributed by atoms with Gasteiger partial charge in [-0.1, -0.05) is 41.9 Å². The number of hydrogen-bond acceptors (Lipinski definition) is 5. The van der Waals surface area contributed by atoms with Crippen LogP contribution in [0.5, 0.6) is 0 Å². The van der Waals surface area contributed by atoms with Gasteiger partial charge in [0, 0.05) is 18.0 Å². The number of halogens is 1. The van der Waals surface area contributed by atoms with Crippen molar-refractivity contribution in [2.45, 2.75) is 32.4 Å². The lowest BCUT2D eigenvalue weighted by atomic mass is 10.0. The second kappa shape index (κ2) is 9.54. The van der Waals surface area contributed by atoms with Crippen LogP contribution in [-0.4, -0.2) is 28.5 Å². The number of ether oxygens (including phenoxy) is 1. The Kier molecular flexibility index (Phi) is 6.84. The standard InChI is InChI=1S/C22H22ClN3O4/c1-14-24-18-10-6-4-8-16(18)22(29)26(14)12-11-20(27)25-19(13-21(28)30-2)15-7-3-5-9-17(15)23/h3-10,19H,11-13H2,1-2H3,(H,25,27). The zero-order valence-corrected chi connectivity index (χ0v) is 17.5. The van der Waals surface area contributed by atoms with E-state index in [1.54, 1.807) is 49.4 Å². The second-order valence-corrected chi connectivity index (χ2v) is 7.21. The normalized spacial score (nSPS) is 11.8. The quantitative estimate of drug-likeness (QED) is 0.585. The summed E-state index contributed by atoms with van der Waals surface area (Å²) in [7, 11) is 1.29. The first-order valence-electron chi connectivity index (χ1n) is 9.47. The maximum atomic E-state index is 12.7. The number of methoxy groups -OCH3 is 1. The third-order valence-electron chi connectivity index (χ3n) is 4.83. The first-order chi connectivity index (χ1) is 14.4. The van der Waals surface area contributed by atoms with E-state index in [-0.39, 0.29) is 30.9 Å². The summed E-state index contributed by atoms with van der Waals surface area (Å²) in [6.45, 7) is 1.90. The van der Waals surface area contributed by atoms with Crippen molar-refractivity contribution in [2.24, 2.45) is 0 Å². The smallest absolute Gasteiger partial charge is 0.307 e. The number of aryl methyl sites for hydroxylation is 1. The van der Waals surface area contributed by atoms with Gasteiger partial charge in [0.25, 0.3) is 5.56 Å². The molecule has 1 aromatic heterocycles. The molecule has 1 amide bonds. The molecule has 7 nitrogen and oxygen atoms in total. The predicted molar refractivity (Wildman–Crippen MR) is 114 cm³/mol. The van der Waals surface area contributed by atoms with Crippen molar-refractivity contribution in [3.63, 3.8) is 0 Å². The largest absolute Gasteiger partial charge is 0.469 e. The third-order valence-corrected chi connectivity index (χ3v) is 5.17. The third kappa shape index (κ3) is 4.86. The summed E-state index contributed by atoms with van der Waals surface area (Å²) in [6, 6.07) is 13.4. The van der Waals surface area contributed by atoms with E-state index >= 15 is 0 Å². The number of fused-ring (bicyclic) bond motifs is 1. The van der Waals surface area contributed by atoms with Crippen LogP contribution >= 0.6 is 11.6 Å². The van der Waals surface area contributed by atoms with Gasteiger partial charge in [0.1, 0.15) is 5.82 Å². The van der Waals surface area contributed by atoms with Crippen LogP contribution in [0.3, 0.4) is 0 Å². The Labute approximate surface area is 178 Å². The number of aromatic nitrogens is 2. The zero-order valence-electron chi connectivity index (χ0n) is 16.7. The van der Waals surface area contributed by atoms with E-state index in [0.29, 0.717) is 27.3 Å². The lowest BCUT2D eigenvalue weighted by molar-refractivity contribution is -0.141. The molecular formula is C22H22ClN3O4. The molecule has 3 rings (SSSR count). The van der Waals surface area contributed by atoms with Gasteiger partial charge in [0.05, 0.1) is 30.5 Å². The molecular weight excluding hydrogens is 406 g/mol. The lowest BCUT2D eigenvalue weighted by Gasteiger charge is -2.20. The fraction of sp³-hybridized carbons (Fsp3) is 0.273. The molecule has 2 aromatic carbocycles. The van der Waals surface area contributed by atoms with Crippen LogP contribution in [0.4, 0.5) is 0 Å². The van der Waals surface area contributed by atoms with Crippen LogP contribution in [0.15, 0.2) is 53.3 Å². The molecule has 1 heterocycles. The van der Waals surface area contributed by atoms with Gasteiger partial charge < -0.3 is 10.1 Å². The molecule has 0 saturated carbocycles. The Bertz CT molecular complexity index is 1140. The SMILES string of the molecule is COC(=O)CC(NC(=O)CCn1c(C)nc2ccccc2c1=O)c1ccccc1Cl. The molecule has 3 aromatic rings. The molecule has 0 spiro atoms. The van der Waals surface area contributed by atoms with Crippen molar-refractivity contribution in [3.8, 4) is 0 Å². The number of amides is 1. The highest BCUT2D eigenvalue weighted by molar-refractivity contribution is 6.31. The van der Waals surface area contributed by atoms with E-state index in [1.165, 1.54) is 11.7 Å². The molecule has 1 N–H and O–H groups in total. The van der Waals surface area contributed by atoms with E-state index in [9.17, 15) is 14.4 Å². The molecule has 0 aliphatic rings. The van der Waals surface area contributed by atoms with Crippen molar-refractivity contribution in [3.05, 3.63) is 75.3 Å². The van der Waals surface area contributed by atoms with E-state index < -0.39 is 12.0 Å². The molecule has 0 radical (unpaired) electrons. The van der Waals surface area contributed by atoms with Crippen molar-refractivity contribution >= 4 is 34.4 Å². The lowest BCUT2D eigenvalue weighted by Crippen LogP contribution is -2.33. The van der Waals surface area contributed by atoms with Gasteiger partial charge in [-0.15, -0.1) is 0 Å². The number of nitrogens with zero attached hydrogens (tertiary/aromatic N) is 2. The Morgan fingerprint density at radius 1 is 1.17 bits per heavy atom. The maximum Gasteiger partial charge on any atom is 0.307 e. The van der Waals surface area contributed by atoms with Crippen LogP contribution in [0.2, 0.25) is 5.02 Å². The number of para-hydroxylation sites is 1. The molecule has 30 heavy (non-hydrogen) atoms. The van der Waals surface area contributed by atoms with Gasteiger partial charge in [-0.25, -0.2) is 4.98 Å². The van der Waals surface area contributed by atoms with E-state index in [2.05, 4.69) is 10.3 Å². The van der Waals surface area contributed by atoms with E-state index in [0.717, 1.165) is 0 Å². The topological polar surface area (TPSA) is 90.3 Å². The number of nitrogens with one attached hydrogen (secondary N) is 1. The summed E-state index contributed by atoms with van der Waals surface area (Å²) in [4.78, 5) is 41.6. The summed E-state index contributed by atoms with van der Waals surface area (Å²) < 4.78 is 6.22. The van der Waals surface area contributed by atoms with Gasteiger partial charge in [-0.2, -0.15) is 0 Å². The van der Waals surface area contributed by atoms with Crippen LogP contribution in [-0.2, 0) is 20.9 Å². The minimum absolute atomic E-state index is 0.0445. The monoisotopic (exact) mass is 427 g/mol. The molecule has 0 saturated heterocycles. The number of esters is 1. The molecule has 0 fully saturated rings. The average Bonchev–Trinajstić information content (AvgIpc) is 2.73. The summed E-state index contributed by atoms with van der Waals surface area (Å²) in [5.41, 5.74) is 1.05. The highest BCUT2D eigenvalue weighted by Crippen LogP contribution is 2.25. The summed E-state index contributed by atoms with van der Waals surface area (Å²) in [6.07, 6.45) is -0.00856. The Morgan fingerprint density at radius 2 is 1.87 bits per heavy atom.